The summed E-state index contributed by atoms with van der Waals surface area (Å²) in [6, 6.07) is 6.29. The third-order valence-electron chi connectivity index (χ3n) is 8.74. The van der Waals surface area contributed by atoms with Crippen LogP contribution in [0.5, 0.6) is 11.5 Å². The fourth-order valence-corrected chi connectivity index (χ4v) is 5.48. The number of hydrogen-bond donors (Lipinski definition) is 0. The van der Waals surface area contributed by atoms with Gasteiger partial charge in [0.05, 0.1) is 48.5 Å². The molecule has 3 rings (SSSR count). The van der Waals surface area contributed by atoms with Crippen LogP contribution in [0, 0.1) is 34.5 Å². The smallest absolute Gasteiger partial charge is 0.314 e. The Bertz CT molecular complexity index is 1460. The number of benzene rings is 1. The van der Waals surface area contributed by atoms with Crippen molar-refractivity contribution in [3.8, 4) is 11.5 Å². The summed E-state index contributed by atoms with van der Waals surface area (Å²) in [6.45, 7) is 14.6. The van der Waals surface area contributed by atoms with Crippen LogP contribution in [0.3, 0.4) is 0 Å². The third-order valence-corrected chi connectivity index (χ3v) is 8.74. The Balaban J connectivity index is 1.71. The molecular weight excluding hydrogens is 640 g/mol. The first-order valence-electron chi connectivity index (χ1n) is 17.2. The molecule has 50 heavy (non-hydrogen) atoms. The lowest BCUT2D eigenvalue weighted by Crippen LogP contribution is -2.34. The molecule has 0 radical (unpaired) electrons. The van der Waals surface area contributed by atoms with Crippen LogP contribution in [-0.2, 0) is 55.6 Å². The molecule has 12 nitrogen and oxygen atoms in total. The van der Waals surface area contributed by atoms with E-state index in [0.29, 0.717) is 25.7 Å². The Labute approximate surface area is 295 Å². The van der Waals surface area contributed by atoms with Crippen LogP contribution in [0.4, 0.5) is 0 Å². The summed E-state index contributed by atoms with van der Waals surface area (Å²) in [6.07, 6.45) is 8.71. The molecule has 0 saturated heterocycles. The second-order valence-electron chi connectivity index (χ2n) is 15.0. The molecule has 274 valence electrons. The molecule has 0 saturated carbocycles. The molecule has 12 heteroatoms. The zero-order chi connectivity index (χ0) is 37.2. The van der Waals surface area contributed by atoms with Gasteiger partial charge in [-0.1, -0.05) is 13.8 Å². The monoisotopic (exact) mass is 694 g/mol. The average Bonchev–Trinajstić information content (AvgIpc) is 3.64. The van der Waals surface area contributed by atoms with Crippen LogP contribution in [0.25, 0.3) is 0 Å². The number of ether oxygens (including phenoxy) is 4. The summed E-state index contributed by atoms with van der Waals surface area (Å²) in [5.74, 6) is -2.85. The van der Waals surface area contributed by atoms with Gasteiger partial charge in [-0.25, -0.2) is 9.97 Å². The second kappa shape index (κ2) is 17.4. The first kappa shape index (κ1) is 40.0. The van der Waals surface area contributed by atoms with E-state index in [-0.39, 0.29) is 48.5 Å². The highest BCUT2D eigenvalue weighted by molar-refractivity contribution is 5.78. The van der Waals surface area contributed by atoms with E-state index in [9.17, 15) is 19.2 Å². The summed E-state index contributed by atoms with van der Waals surface area (Å²) in [4.78, 5) is 60.6. The molecule has 0 aliphatic heterocycles. The number of imidazole rings is 2. The standard InChI is InChI=1S/C38H54N4O8/c1-11-31(25(17-27-19-39-23-41(27)9)21-47-35(45)37(3,4)5)33(43)49-29-13-15-30(16-14-29)50-34(44)32(12-2)26(18-28-20-40-24-42(28)10)22-48-36(46)38(6,7)8/h13-16,19-20,23-26,31-32H,11-12,17-18,21-22H2,1-10H3/t25-,26-,31+,32+/m1/s1. The number of hydrogen-bond acceptors (Lipinski definition) is 10. The number of aryl methyl sites for hydroxylation is 2. The molecule has 0 fully saturated rings. The summed E-state index contributed by atoms with van der Waals surface area (Å²) >= 11 is 0. The van der Waals surface area contributed by atoms with Gasteiger partial charge in [-0.15, -0.1) is 0 Å². The zero-order valence-electron chi connectivity index (χ0n) is 31.2. The minimum atomic E-state index is -0.680. The topological polar surface area (TPSA) is 141 Å². The van der Waals surface area contributed by atoms with Gasteiger partial charge < -0.3 is 28.1 Å². The summed E-state index contributed by atoms with van der Waals surface area (Å²) in [5, 5.41) is 0. The number of carbonyl (C=O) groups is 4. The molecule has 0 unspecified atom stereocenters. The van der Waals surface area contributed by atoms with Gasteiger partial charge in [0.2, 0.25) is 0 Å². The van der Waals surface area contributed by atoms with E-state index < -0.39 is 34.6 Å². The minimum Gasteiger partial charge on any atom is -0.465 e. The van der Waals surface area contributed by atoms with Crippen molar-refractivity contribution in [2.45, 2.75) is 81.1 Å². The molecule has 0 amide bonds. The van der Waals surface area contributed by atoms with Crippen LogP contribution in [0.15, 0.2) is 49.3 Å². The van der Waals surface area contributed by atoms with Gasteiger partial charge in [-0.2, -0.15) is 0 Å². The zero-order valence-corrected chi connectivity index (χ0v) is 31.2. The Morgan fingerprint density at radius 3 is 1.24 bits per heavy atom. The molecule has 0 spiro atoms. The van der Waals surface area contributed by atoms with Gasteiger partial charge in [0.1, 0.15) is 11.5 Å². The first-order chi connectivity index (χ1) is 23.4. The van der Waals surface area contributed by atoms with Crippen molar-refractivity contribution < 1.29 is 38.1 Å². The maximum atomic E-state index is 13.5. The van der Waals surface area contributed by atoms with Gasteiger partial charge in [-0.05, 0) is 91.5 Å². The van der Waals surface area contributed by atoms with E-state index in [0.717, 1.165) is 11.4 Å². The molecular formula is C38H54N4O8. The van der Waals surface area contributed by atoms with Gasteiger partial charge in [0, 0.05) is 49.7 Å². The molecule has 0 N–H and O–H groups in total. The van der Waals surface area contributed by atoms with Crippen molar-refractivity contribution in [3.05, 3.63) is 60.7 Å². The van der Waals surface area contributed by atoms with Crippen molar-refractivity contribution >= 4 is 23.9 Å². The van der Waals surface area contributed by atoms with Crippen molar-refractivity contribution in [1.29, 1.82) is 0 Å². The largest absolute Gasteiger partial charge is 0.465 e. The molecule has 4 atom stereocenters. The van der Waals surface area contributed by atoms with Crippen molar-refractivity contribution in [2.75, 3.05) is 13.2 Å². The maximum absolute atomic E-state index is 13.5. The lowest BCUT2D eigenvalue weighted by Gasteiger charge is -2.26. The number of aromatic nitrogens is 4. The Morgan fingerprint density at radius 2 is 0.980 bits per heavy atom. The van der Waals surface area contributed by atoms with Crippen LogP contribution in [-0.4, -0.2) is 56.2 Å². The number of nitrogens with zero attached hydrogens (tertiary/aromatic N) is 4. The predicted octanol–water partition coefficient (Wildman–Crippen LogP) is 5.91. The summed E-state index contributed by atoms with van der Waals surface area (Å²) in [5.41, 5.74) is 0.445. The van der Waals surface area contributed by atoms with E-state index >= 15 is 0 Å². The van der Waals surface area contributed by atoms with Crippen LogP contribution >= 0.6 is 0 Å². The molecule has 3 aromatic rings. The highest BCUT2D eigenvalue weighted by atomic mass is 16.6. The van der Waals surface area contributed by atoms with E-state index in [2.05, 4.69) is 9.97 Å². The van der Waals surface area contributed by atoms with Crippen LogP contribution < -0.4 is 9.47 Å². The van der Waals surface area contributed by atoms with E-state index in [1.165, 1.54) is 0 Å². The summed E-state index contributed by atoms with van der Waals surface area (Å²) in [7, 11) is 3.75. The van der Waals surface area contributed by atoms with Crippen molar-refractivity contribution in [2.24, 2.45) is 48.6 Å². The molecule has 2 aromatic heterocycles. The highest BCUT2D eigenvalue weighted by Gasteiger charge is 2.34. The molecule has 2 heterocycles. The number of carbonyl (C=O) groups excluding carboxylic acids is 4. The fraction of sp³-hybridized carbons (Fsp3) is 0.579. The predicted molar refractivity (Wildman–Crippen MR) is 187 cm³/mol. The van der Waals surface area contributed by atoms with E-state index in [1.807, 2.05) is 37.1 Å². The normalized spacial score (nSPS) is 14.3. The highest BCUT2D eigenvalue weighted by Crippen LogP contribution is 2.29. The third kappa shape index (κ3) is 11.3. The van der Waals surface area contributed by atoms with Crippen molar-refractivity contribution in [1.82, 2.24) is 19.1 Å². The van der Waals surface area contributed by atoms with E-state index in [1.54, 1.807) is 90.9 Å². The van der Waals surface area contributed by atoms with Crippen LogP contribution in [0.2, 0.25) is 0 Å². The number of esters is 4. The second-order valence-corrected chi connectivity index (χ2v) is 15.0. The van der Waals surface area contributed by atoms with Gasteiger partial charge in [0.15, 0.2) is 0 Å². The van der Waals surface area contributed by atoms with E-state index in [4.69, 9.17) is 18.9 Å². The molecule has 1 aromatic carbocycles. The van der Waals surface area contributed by atoms with Gasteiger partial charge >= 0.3 is 23.9 Å². The fourth-order valence-electron chi connectivity index (χ4n) is 5.48. The molecule has 0 bridgehead atoms. The molecule has 0 aliphatic carbocycles. The lowest BCUT2D eigenvalue weighted by atomic mass is 9.86. The maximum Gasteiger partial charge on any atom is 0.314 e. The Hall–Kier alpha value is -4.48. The van der Waals surface area contributed by atoms with Crippen molar-refractivity contribution in [3.63, 3.8) is 0 Å². The van der Waals surface area contributed by atoms with Crippen LogP contribution in [0.1, 0.15) is 79.6 Å². The number of rotatable bonds is 16. The summed E-state index contributed by atoms with van der Waals surface area (Å²) < 4.78 is 26.7. The Kier molecular flexibility index (Phi) is 13.9. The SMILES string of the molecule is CC[C@H](C(=O)Oc1ccc(OC(=O)[C@@H](CC)[C@@H](COC(=O)C(C)(C)C)Cc2cncn2C)cc1)[C@@H](COC(=O)C(C)(C)C)Cc1cncn1C. The molecule has 0 aliphatic rings. The van der Waals surface area contributed by atoms with Gasteiger partial charge in [-0.3, -0.25) is 19.2 Å². The minimum absolute atomic E-state index is 0.0549. The Morgan fingerprint density at radius 1 is 0.640 bits per heavy atom. The average molecular weight is 695 g/mol. The lowest BCUT2D eigenvalue weighted by molar-refractivity contribution is -0.157. The quantitative estimate of drug-likeness (QED) is 0.131. The first-order valence-corrected chi connectivity index (χ1v) is 17.2. The van der Waals surface area contributed by atoms with Gasteiger partial charge in [0.25, 0.3) is 0 Å².